The lowest BCUT2D eigenvalue weighted by Crippen LogP contribution is -2.51. The minimum Gasteiger partial charge on any atom is -0.508 e. The molecule has 1 rings (SSSR count). The summed E-state index contributed by atoms with van der Waals surface area (Å²) >= 11 is 0. The van der Waals surface area contributed by atoms with Crippen molar-refractivity contribution in [3.8, 4) is 5.75 Å². The third-order valence-corrected chi connectivity index (χ3v) is 3.27. The number of phenolic OH excluding ortho intramolecular Hbond substituents is 1. The van der Waals surface area contributed by atoms with E-state index in [0.717, 1.165) is 12.0 Å². The van der Waals surface area contributed by atoms with Gasteiger partial charge in [0.05, 0.1) is 0 Å². The molecule has 1 aromatic rings. The zero-order valence-electron chi connectivity index (χ0n) is 14.7. The second-order valence-corrected chi connectivity index (χ2v) is 7.75. The van der Waals surface area contributed by atoms with Gasteiger partial charge in [-0.1, -0.05) is 32.9 Å². The topological polar surface area (TPSA) is 78.4 Å². The highest BCUT2D eigenvalue weighted by Gasteiger charge is 2.28. The number of amides is 2. The summed E-state index contributed by atoms with van der Waals surface area (Å²) in [5, 5.41) is 14.6. The number of rotatable bonds is 5. The van der Waals surface area contributed by atoms with Crippen molar-refractivity contribution in [3.05, 3.63) is 29.8 Å². The van der Waals surface area contributed by atoms with Gasteiger partial charge >= 0.3 is 11.8 Å². The molecule has 0 spiro atoms. The molecule has 0 atom stereocenters. The summed E-state index contributed by atoms with van der Waals surface area (Å²) in [5.74, 6) is -1.02. The Morgan fingerprint density at radius 2 is 1.57 bits per heavy atom. The number of phenols is 1. The van der Waals surface area contributed by atoms with Gasteiger partial charge in [-0.3, -0.25) is 9.59 Å². The second kappa shape index (κ2) is 7.49. The van der Waals surface area contributed by atoms with Gasteiger partial charge < -0.3 is 15.7 Å². The molecular weight excluding hydrogens is 292 g/mol. The Bertz CT molecular complexity index is 542. The average Bonchev–Trinajstić information content (AvgIpc) is 2.37. The van der Waals surface area contributed by atoms with Crippen LogP contribution in [0.5, 0.6) is 5.75 Å². The summed E-state index contributed by atoms with van der Waals surface area (Å²) in [4.78, 5) is 23.8. The molecule has 128 valence electrons. The number of nitrogens with one attached hydrogen (secondary N) is 2. The van der Waals surface area contributed by atoms with Gasteiger partial charge in [-0.2, -0.15) is 0 Å². The number of carbonyl (C=O) groups excluding carboxylic acids is 2. The molecule has 23 heavy (non-hydrogen) atoms. The zero-order valence-corrected chi connectivity index (χ0v) is 14.7. The molecular formula is C18H28N2O3. The Kier molecular flexibility index (Phi) is 6.19. The smallest absolute Gasteiger partial charge is 0.309 e. The van der Waals surface area contributed by atoms with Crippen LogP contribution in [-0.4, -0.2) is 29.0 Å². The van der Waals surface area contributed by atoms with E-state index in [1.165, 1.54) is 0 Å². The molecule has 5 nitrogen and oxygen atoms in total. The molecule has 2 amide bonds. The Labute approximate surface area is 138 Å². The SMILES string of the molecule is CC(C)(C)CC(C)(C)NC(=O)C(=O)NCCc1ccc(O)cc1. The van der Waals surface area contributed by atoms with Crippen molar-refractivity contribution >= 4 is 11.8 Å². The monoisotopic (exact) mass is 320 g/mol. The lowest BCUT2D eigenvalue weighted by molar-refractivity contribution is -0.140. The molecule has 1 aromatic carbocycles. The van der Waals surface area contributed by atoms with Crippen LogP contribution in [0.25, 0.3) is 0 Å². The first-order valence-corrected chi connectivity index (χ1v) is 7.87. The van der Waals surface area contributed by atoms with E-state index in [4.69, 9.17) is 0 Å². The molecule has 0 saturated heterocycles. The first kappa shape index (κ1) is 19.0. The van der Waals surface area contributed by atoms with Gasteiger partial charge in [-0.15, -0.1) is 0 Å². The summed E-state index contributed by atoms with van der Waals surface area (Å²) in [5.41, 5.74) is 0.604. The Morgan fingerprint density at radius 1 is 1.00 bits per heavy atom. The van der Waals surface area contributed by atoms with E-state index >= 15 is 0 Å². The van der Waals surface area contributed by atoms with E-state index in [1.54, 1.807) is 24.3 Å². The molecule has 0 aliphatic heterocycles. The molecule has 0 aliphatic carbocycles. The van der Waals surface area contributed by atoms with Crippen LogP contribution in [0.1, 0.15) is 46.6 Å². The number of hydrogen-bond acceptors (Lipinski definition) is 3. The molecule has 0 bridgehead atoms. The highest BCUT2D eigenvalue weighted by Crippen LogP contribution is 2.26. The third-order valence-electron chi connectivity index (χ3n) is 3.27. The van der Waals surface area contributed by atoms with Crippen LogP contribution < -0.4 is 10.6 Å². The van der Waals surface area contributed by atoms with Gasteiger partial charge in [-0.25, -0.2) is 0 Å². The maximum atomic E-state index is 12.0. The Balaban J connectivity index is 2.42. The summed E-state index contributed by atoms with van der Waals surface area (Å²) < 4.78 is 0. The molecule has 0 unspecified atom stereocenters. The summed E-state index contributed by atoms with van der Waals surface area (Å²) in [6, 6.07) is 6.76. The van der Waals surface area contributed by atoms with Crippen molar-refractivity contribution in [3.63, 3.8) is 0 Å². The molecule has 0 radical (unpaired) electrons. The zero-order chi connectivity index (χ0) is 17.7. The van der Waals surface area contributed by atoms with E-state index in [0.29, 0.717) is 13.0 Å². The van der Waals surface area contributed by atoms with Crippen molar-refractivity contribution in [2.45, 2.75) is 53.0 Å². The molecule has 0 heterocycles. The van der Waals surface area contributed by atoms with Crippen LogP contribution in [0.2, 0.25) is 0 Å². The predicted molar refractivity (Wildman–Crippen MR) is 91.1 cm³/mol. The predicted octanol–water partition coefficient (Wildman–Crippen LogP) is 2.38. The van der Waals surface area contributed by atoms with Gasteiger partial charge in [0.1, 0.15) is 5.75 Å². The van der Waals surface area contributed by atoms with Crippen molar-refractivity contribution < 1.29 is 14.7 Å². The summed E-state index contributed by atoms with van der Waals surface area (Å²) in [6.45, 7) is 10.5. The quantitative estimate of drug-likeness (QED) is 0.729. The van der Waals surface area contributed by atoms with Crippen LogP contribution >= 0.6 is 0 Å². The third kappa shape index (κ3) is 7.68. The Morgan fingerprint density at radius 3 is 2.09 bits per heavy atom. The van der Waals surface area contributed by atoms with Crippen molar-refractivity contribution in [1.29, 1.82) is 0 Å². The number of carbonyl (C=O) groups is 2. The van der Waals surface area contributed by atoms with Gasteiger partial charge in [0.25, 0.3) is 0 Å². The van der Waals surface area contributed by atoms with Gasteiger partial charge in [0, 0.05) is 12.1 Å². The normalized spacial score (nSPS) is 11.9. The van der Waals surface area contributed by atoms with Gasteiger partial charge in [0.15, 0.2) is 0 Å². The van der Waals surface area contributed by atoms with Crippen molar-refractivity contribution in [2.75, 3.05) is 6.54 Å². The van der Waals surface area contributed by atoms with Crippen molar-refractivity contribution in [2.24, 2.45) is 5.41 Å². The van der Waals surface area contributed by atoms with E-state index in [2.05, 4.69) is 31.4 Å². The number of benzene rings is 1. The molecule has 0 fully saturated rings. The highest BCUT2D eigenvalue weighted by molar-refractivity contribution is 6.35. The van der Waals surface area contributed by atoms with E-state index in [9.17, 15) is 14.7 Å². The van der Waals surface area contributed by atoms with Gasteiger partial charge in [0.2, 0.25) is 0 Å². The van der Waals surface area contributed by atoms with Crippen LogP contribution in [0, 0.1) is 5.41 Å². The van der Waals surface area contributed by atoms with Crippen LogP contribution in [-0.2, 0) is 16.0 Å². The molecule has 0 aromatic heterocycles. The lowest BCUT2D eigenvalue weighted by Gasteiger charge is -2.33. The minimum atomic E-state index is -0.620. The van der Waals surface area contributed by atoms with Crippen LogP contribution in [0.3, 0.4) is 0 Å². The maximum absolute atomic E-state index is 12.0. The molecule has 0 saturated carbocycles. The Hall–Kier alpha value is -2.04. The number of aromatic hydroxyl groups is 1. The largest absolute Gasteiger partial charge is 0.508 e. The molecule has 5 heteroatoms. The first-order valence-electron chi connectivity index (χ1n) is 7.87. The van der Waals surface area contributed by atoms with E-state index in [-0.39, 0.29) is 11.2 Å². The lowest BCUT2D eigenvalue weighted by atomic mass is 9.82. The average molecular weight is 320 g/mol. The molecule has 3 N–H and O–H groups in total. The summed E-state index contributed by atoms with van der Waals surface area (Å²) in [7, 11) is 0. The summed E-state index contributed by atoms with van der Waals surface area (Å²) in [6.07, 6.45) is 1.37. The van der Waals surface area contributed by atoms with E-state index in [1.807, 2.05) is 13.8 Å². The second-order valence-electron chi connectivity index (χ2n) is 7.75. The maximum Gasteiger partial charge on any atom is 0.309 e. The van der Waals surface area contributed by atoms with Crippen molar-refractivity contribution in [1.82, 2.24) is 10.6 Å². The standard InChI is InChI=1S/C18H28N2O3/c1-17(2,3)12-18(4,5)20-16(23)15(22)19-11-10-13-6-8-14(21)9-7-13/h6-9,21H,10-12H2,1-5H3,(H,19,22)(H,20,23). The fourth-order valence-corrected chi connectivity index (χ4v) is 2.80. The first-order chi connectivity index (χ1) is 10.5. The van der Waals surface area contributed by atoms with E-state index < -0.39 is 17.4 Å². The fourth-order valence-electron chi connectivity index (χ4n) is 2.80. The highest BCUT2D eigenvalue weighted by atomic mass is 16.3. The minimum absolute atomic E-state index is 0.0616. The van der Waals surface area contributed by atoms with Crippen LogP contribution in [0.4, 0.5) is 0 Å². The molecule has 0 aliphatic rings. The van der Waals surface area contributed by atoms with Gasteiger partial charge in [-0.05, 0) is 49.8 Å². The van der Waals surface area contributed by atoms with Crippen LogP contribution in [0.15, 0.2) is 24.3 Å². The number of hydrogen-bond donors (Lipinski definition) is 3. The fraction of sp³-hybridized carbons (Fsp3) is 0.556.